The molecule has 2 rings (SSSR count). The topological polar surface area (TPSA) is 12.9 Å². The van der Waals surface area contributed by atoms with Crippen LogP contribution in [0.25, 0.3) is 10.1 Å². The first-order chi connectivity index (χ1) is 5.29. The molecular weight excluding hydrogens is 178 g/mol. The van der Waals surface area contributed by atoms with Crippen LogP contribution in [0.15, 0.2) is 17.6 Å². The molecule has 0 spiro atoms. The zero-order valence-electron chi connectivity index (χ0n) is 5.97. The maximum absolute atomic E-state index is 6.01. The van der Waals surface area contributed by atoms with Crippen molar-refractivity contribution in [3.63, 3.8) is 0 Å². The maximum Gasteiger partial charge on any atom is 0.0705 e. The molecule has 0 N–H and O–H groups in total. The van der Waals surface area contributed by atoms with Crippen molar-refractivity contribution in [3.8, 4) is 0 Å². The van der Waals surface area contributed by atoms with Crippen LogP contribution in [0, 0.1) is 6.92 Å². The van der Waals surface area contributed by atoms with E-state index in [1.807, 2.05) is 24.6 Å². The minimum Gasteiger partial charge on any atom is -0.259 e. The Balaban J connectivity index is 2.93. The fourth-order valence-electron chi connectivity index (χ4n) is 1.01. The summed E-state index contributed by atoms with van der Waals surface area (Å²) in [5.41, 5.74) is 0.901. The number of hydrogen-bond acceptors (Lipinski definition) is 2. The summed E-state index contributed by atoms with van der Waals surface area (Å²) in [7, 11) is 0. The lowest BCUT2D eigenvalue weighted by molar-refractivity contribution is 1.23. The fourth-order valence-corrected chi connectivity index (χ4v) is 2.04. The number of aromatic nitrogens is 1. The van der Waals surface area contributed by atoms with Crippen molar-refractivity contribution in [3.05, 3.63) is 28.4 Å². The van der Waals surface area contributed by atoms with Crippen molar-refractivity contribution in [2.24, 2.45) is 0 Å². The number of halogens is 1. The van der Waals surface area contributed by atoms with Crippen LogP contribution >= 0.6 is 22.9 Å². The highest BCUT2D eigenvalue weighted by atomic mass is 35.5. The number of rotatable bonds is 0. The molecule has 0 amide bonds. The standard InChI is InChI=1S/C8H6ClNS/c1-5-8(9)6-2-3-11-7(6)4-10-5/h2-4H,1H3. The summed E-state index contributed by atoms with van der Waals surface area (Å²) in [4.78, 5) is 4.16. The molecule has 0 aliphatic heterocycles. The van der Waals surface area contributed by atoms with E-state index in [0.717, 1.165) is 20.8 Å². The lowest BCUT2D eigenvalue weighted by atomic mass is 10.3. The van der Waals surface area contributed by atoms with Crippen LogP contribution in [0.3, 0.4) is 0 Å². The second-order valence-electron chi connectivity index (χ2n) is 2.36. The zero-order valence-corrected chi connectivity index (χ0v) is 7.54. The monoisotopic (exact) mass is 183 g/mol. The van der Waals surface area contributed by atoms with Crippen molar-refractivity contribution in [1.82, 2.24) is 4.98 Å². The minimum absolute atomic E-state index is 0.781. The van der Waals surface area contributed by atoms with Gasteiger partial charge in [-0.1, -0.05) is 11.6 Å². The summed E-state index contributed by atoms with van der Waals surface area (Å²) in [6, 6.07) is 2.02. The molecule has 0 aliphatic rings. The summed E-state index contributed by atoms with van der Waals surface area (Å²) in [5.74, 6) is 0. The van der Waals surface area contributed by atoms with Gasteiger partial charge in [-0.25, -0.2) is 0 Å². The van der Waals surface area contributed by atoms with Crippen LogP contribution in [-0.4, -0.2) is 4.98 Å². The number of aryl methyl sites for hydroxylation is 1. The van der Waals surface area contributed by atoms with Gasteiger partial charge < -0.3 is 0 Å². The molecule has 0 saturated carbocycles. The van der Waals surface area contributed by atoms with Gasteiger partial charge in [0.1, 0.15) is 0 Å². The first kappa shape index (κ1) is 7.07. The summed E-state index contributed by atoms with van der Waals surface area (Å²) < 4.78 is 1.15. The Morgan fingerprint density at radius 1 is 1.55 bits per heavy atom. The number of nitrogens with zero attached hydrogens (tertiary/aromatic N) is 1. The Hall–Kier alpha value is -0.600. The van der Waals surface area contributed by atoms with Crippen LogP contribution in [0.5, 0.6) is 0 Å². The molecule has 56 valence electrons. The van der Waals surface area contributed by atoms with Gasteiger partial charge in [-0.3, -0.25) is 4.98 Å². The van der Waals surface area contributed by atoms with Crippen molar-refractivity contribution in [2.45, 2.75) is 6.92 Å². The van der Waals surface area contributed by atoms with Crippen LogP contribution < -0.4 is 0 Å². The van der Waals surface area contributed by atoms with Gasteiger partial charge >= 0.3 is 0 Å². The van der Waals surface area contributed by atoms with Crippen LogP contribution in [0.2, 0.25) is 5.02 Å². The predicted octanol–water partition coefficient (Wildman–Crippen LogP) is 3.26. The third-order valence-electron chi connectivity index (χ3n) is 1.62. The molecule has 0 saturated heterocycles. The van der Waals surface area contributed by atoms with Crippen LogP contribution in [0.4, 0.5) is 0 Å². The molecule has 0 aromatic carbocycles. The van der Waals surface area contributed by atoms with E-state index in [2.05, 4.69) is 4.98 Å². The highest BCUT2D eigenvalue weighted by Crippen LogP contribution is 2.28. The highest BCUT2D eigenvalue weighted by molar-refractivity contribution is 7.17. The Morgan fingerprint density at radius 3 is 3.18 bits per heavy atom. The molecule has 0 bridgehead atoms. The minimum atomic E-state index is 0.781. The van der Waals surface area contributed by atoms with E-state index >= 15 is 0 Å². The van der Waals surface area contributed by atoms with E-state index in [-0.39, 0.29) is 0 Å². The largest absolute Gasteiger partial charge is 0.259 e. The highest BCUT2D eigenvalue weighted by Gasteiger charge is 2.02. The third-order valence-corrected chi connectivity index (χ3v) is 2.95. The smallest absolute Gasteiger partial charge is 0.0705 e. The van der Waals surface area contributed by atoms with E-state index in [0.29, 0.717) is 0 Å². The molecule has 2 aromatic heterocycles. The van der Waals surface area contributed by atoms with Crippen LogP contribution in [-0.2, 0) is 0 Å². The fraction of sp³-hybridized carbons (Fsp3) is 0.125. The number of pyridine rings is 1. The summed E-state index contributed by atoms with van der Waals surface area (Å²) >= 11 is 7.67. The third kappa shape index (κ3) is 1.03. The quantitative estimate of drug-likeness (QED) is 0.611. The van der Waals surface area contributed by atoms with Gasteiger partial charge in [-0.15, -0.1) is 11.3 Å². The van der Waals surface area contributed by atoms with Gasteiger partial charge in [0, 0.05) is 11.6 Å². The summed E-state index contributed by atoms with van der Waals surface area (Å²) in [5, 5.41) is 3.92. The van der Waals surface area contributed by atoms with Crippen molar-refractivity contribution in [2.75, 3.05) is 0 Å². The molecule has 0 atom stereocenters. The zero-order chi connectivity index (χ0) is 7.84. The Kier molecular flexibility index (Phi) is 1.59. The van der Waals surface area contributed by atoms with Crippen LogP contribution in [0.1, 0.15) is 5.69 Å². The first-order valence-electron chi connectivity index (χ1n) is 3.27. The summed E-state index contributed by atoms with van der Waals surface area (Å²) in [6.07, 6.45) is 1.86. The molecule has 0 radical (unpaired) electrons. The van der Waals surface area contributed by atoms with Gasteiger partial charge in [0.25, 0.3) is 0 Å². The van der Waals surface area contributed by atoms with E-state index in [1.54, 1.807) is 11.3 Å². The SMILES string of the molecule is Cc1ncc2sccc2c1Cl. The average Bonchev–Trinajstić information content (AvgIpc) is 2.45. The second-order valence-corrected chi connectivity index (χ2v) is 3.68. The van der Waals surface area contributed by atoms with Crippen molar-refractivity contribution in [1.29, 1.82) is 0 Å². The molecule has 0 fully saturated rings. The Morgan fingerprint density at radius 2 is 2.36 bits per heavy atom. The molecule has 11 heavy (non-hydrogen) atoms. The van der Waals surface area contributed by atoms with E-state index < -0.39 is 0 Å². The first-order valence-corrected chi connectivity index (χ1v) is 4.53. The molecule has 0 aliphatic carbocycles. The van der Waals surface area contributed by atoms with Gasteiger partial charge in [0.05, 0.1) is 15.4 Å². The molecule has 2 aromatic rings. The van der Waals surface area contributed by atoms with Gasteiger partial charge in [-0.05, 0) is 18.4 Å². The van der Waals surface area contributed by atoms with E-state index in [9.17, 15) is 0 Å². The molecule has 1 nitrogen and oxygen atoms in total. The molecular formula is C8H6ClNS. The number of fused-ring (bicyclic) bond motifs is 1. The lowest BCUT2D eigenvalue weighted by Gasteiger charge is -1.96. The molecule has 0 unspecified atom stereocenters. The average molecular weight is 184 g/mol. The molecule has 2 heterocycles. The Bertz CT molecular complexity index is 394. The van der Waals surface area contributed by atoms with Crippen molar-refractivity contribution < 1.29 is 0 Å². The molecule has 3 heteroatoms. The second kappa shape index (κ2) is 2.47. The lowest BCUT2D eigenvalue weighted by Crippen LogP contribution is -1.79. The Labute approximate surface area is 73.6 Å². The maximum atomic E-state index is 6.01. The van der Waals surface area contributed by atoms with Gasteiger partial charge in [-0.2, -0.15) is 0 Å². The van der Waals surface area contributed by atoms with E-state index in [4.69, 9.17) is 11.6 Å². The van der Waals surface area contributed by atoms with Gasteiger partial charge in [0.15, 0.2) is 0 Å². The summed E-state index contributed by atoms with van der Waals surface area (Å²) in [6.45, 7) is 1.92. The van der Waals surface area contributed by atoms with Crippen molar-refractivity contribution >= 4 is 33.0 Å². The van der Waals surface area contributed by atoms with E-state index in [1.165, 1.54) is 0 Å². The number of thiophene rings is 1. The predicted molar refractivity (Wildman–Crippen MR) is 49.4 cm³/mol. The van der Waals surface area contributed by atoms with Gasteiger partial charge in [0.2, 0.25) is 0 Å². The normalized spacial score (nSPS) is 10.7. The number of hydrogen-bond donors (Lipinski definition) is 0.